The largest absolute Gasteiger partial charge is 0.309 e. The predicted molar refractivity (Wildman–Crippen MR) is 206 cm³/mol. The van der Waals surface area contributed by atoms with Gasteiger partial charge in [-0.1, -0.05) is 115 Å². The minimum atomic E-state index is 0.774. The van der Waals surface area contributed by atoms with Crippen molar-refractivity contribution in [2.45, 2.75) is 6.42 Å². The normalized spacial score (nSPS) is 12.4. The molecule has 4 heteroatoms. The lowest BCUT2D eigenvalue weighted by Gasteiger charge is -2.13. The van der Waals surface area contributed by atoms with Crippen molar-refractivity contribution in [3.63, 3.8) is 0 Å². The lowest BCUT2D eigenvalue weighted by atomic mass is 9.98. The molecule has 0 radical (unpaired) electrons. The van der Waals surface area contributed by atoms with Gasteiger partial charge in [-0.25, -0.2) is 9.97 Å². The third kappa shape index (κ3) is 3.89. The molecule has 11 rings (SSSR count). The van der Waals surface area contributed by atoms with Gasteiger partial charge in [0.2, 0.25) is 0 Å². The van der Waals surface area contributed by atoms with Gasteiger partial charge in [0, 0.05) is 65.3 Å². The summed E-state index contributed by atoms with van der Waals surface area (Å²) in [6.07, 6.45) is 0.848. The van der Waals surface area contributed by atoms with Gasteiger partial charge in [0.25, 0.3) is 0 Å². The Kier molecular flexibility index (Phi) is 5.60. The molecule has 0 spiro atoms. The molecular weight excluding hydrogens is 615 g/mol. The summed E-state index contributed by atoms with van der Waals surface area (Å²) in [7, 11) is 0. The third-order valence-electron chi connectivity index (χ3n) is 10.2. The van der Waals surface area contributed by atoms with Crippen LogP contribution in [0.2, 0.25) is 0 Å². The quantitative estimate of drug-likeness (QED) is 0.192. The van der Waals surface area contributed by atoms with Crippen LogP contribution in [-0.4, -0.2) is 14.5 Å². The average Bonchev–Trinajstić information content (AvgIpc) is 3.84. The van der Waals surface area contributed by atoms with E-state index in [9.17, 15) is 0 Å². The van der Waals surface area contributed by atoms with Crippen LogP contribution in [0.15, 0.2) is 152 Å². The van der Waals surface area contributed by atoms with Crippen LogP contribution in [0.25, 0.3) is 92.3 Å². The Morgan fingerprint density at radius 1 is 0.490 bits per heavy atom. The molecule has 0 N–H and O–H groups in total. The zero-order valence-electron chi connectivity index (χ0n) is 26.4. The first kappa shape index (κ1) is 26.9. The van der Waals surface area contributed by atoms with Crippen LogP contribution in [0, 0.1) is 0 Å². The van der Waals surface area contributed by atoms with Crippen molar-refractivity contribution in [2.24, 2.45) is 0 Å². The minimum absolute atomic E-state index is 0.774. The molecule has 1 aliphatic carbocycles. The van der Waals surface area contributed by atoms with E-state index in [2.05, 4.69) is 156 Å². The first-order chi connectivity index (χ1) is 24.3. The van der Waals surface area contributed by atoms with Crippen LogP contribution in [-0.2, 0) is 6.42 Å². The molecule has 0 atom stereocenters. The summed E-state index contributed by atoms with van der Waals surface area (Å²) in [6, 6.07) is 54.8. The topological polar surface area (TPSA) is 30.7 Å². The maximum absolute atomic E-state index is 5.37. The van der Waals surface area contributed by atoms with Crippen molar-refractivity contribution < 1.29 is 0 Å². The van der Waals surface area contributed by atoms with E-state index in [0.29, 0.717) is 0 Å². The molecule has 0 fully saturated rings. The molecule has 3 nitrogen and oxygen atoms in total. The van der Waals surface area contributed by atoms with E-state index in [4.69, 9.17) is 9.97 Å². The van der Waals surface area contributed by atoms with Gasteiger partial charge in [0.05, 0.1) is 22.4 Å². The van der Waals surface area contributed by atoms with E-state index in [1.54, 1.807) is 0 Å². The molecule has 49 heavy (non-hydrogen) atoms. The summed E-state index contributed by atoms with van der Waals surface area (Å²) >= 11 is 1.85. The molecule has 0 aliphatic heterocycles. The number of aromatic nitrogens is 3. The summed E-state index contributed by atoms with van der Waals surface area (Å²) in [5.74, 6) is 0.774. The maximum Gasteiger partial charge on any atom is 0.161 e. The number of thiophene rings is 1. The van der Waals surface area contributed by atoms with Gasteiger partial charge < -0.3 is 4.57 Å². The zero-order valence-corrected chi connectivity index (χ0v) is 27.2. The zero-order chi connectivity index (χ0) is 32.1. The second kappa shape index (κ2) is 10.2. The third-order valence-corrected chi connectivity index (χ3v) is 11.4. The first-order valence-electron chi connectivity index (χ1n) is 16.7. The van der Waals surface area contributed by atoms with Crippen molar-refractivity contribution in [3.8, 4) is 39.6 Å². The number of nitrogens with zero attached hydrogens (tertiary/aromatic N) is 3. The van der Waals surface area contributed by atoms with Crippen LogP contribution in [0.3, 0.4) is 0 Å². The van der Waals surface area contributed by atoms with Crippen LogP contribution in [0.5, 0.6) is 0 Å². The molecule has 1 aliphatic rings. The van der Waals surface area contributed by atoms with Gasteiger partial charge in [-0.15, -0.1) is 11.3 Å². The Labute approximate surface area is 286 Å². The Morgan fingerprint density at radius 3 is 1.94 bits per heavy atom. The highest BCUT2D eigenvalue weighted by Gasteiger charge is 2.26. The lowest BCUT2D eigenvalue weighted by molar-refractivity contribution is 1.14. The fraction of sp³-hybridized carbons (Fsp3) is 0.0222. The van der Waals surface area contributed by atoms with E-state index in [0.717, 1.165) is 34.8 Å². The van der Waals surface area contributed by atoms with Crippen molar-refractivity contribution in [2.75, 3.05) is 0 Å². The monoisotopic (exact) mass is 641 g/mol. The molecule has 0 amide bonds. The number of hydrogen-bond donors (Lipinski definition) is 0. The van der Waals surface area contributed by atoms with Gasteiger partial charge in [-0.2, -0.15) is 0 Å². The molecular formula is C45H27N3S. The molecule has 0 bridgehead atoms. The SMILES string of the molecule is c1ccc(-c2nc(-c3cc4sc5ccc(-n6c7ccccc7c7ccccc76)cc5c4c4ccccc34)nc3c2Cc2ccccc2-3)cc1. The average molecular weight is 642 g/mol. The summed E-state index contributed by atoms with van der Waals surface area (Å²) in [6.45, 7) is 0. The summed E-state index contributed by atoms with van der Waals surface area (Å²) in [5, 5.41) is 7.51. The highest BCUT2D eigenvalue weighted by atomic mass is 32.1. The Morgan fingerprint density at radius 2 is 1.14 bits per heavy atom. The van der Waals surface area contributed by atoms with Gasteiger partial charge in [0.15, 0.2) is 5.82 Å². The number of hydrogen-bond acceptors (Lipinski definition) is 3. The minimum Gasteiger partial charge on any atom is -0.309 e. The van der Waals surface area contributed by atoms with Crippen LogP contribution < -0.4 is 0 Å². The number of para-hydroxylation sites is 2. The van der Waals surface area contributed by atoms with E-state index in [1.165, 1.54) is 75.1 Å². The summed E-state index contributed by atoms with van der Waals surface area (Å²) in [5.41, 5.74) is 11.6. The molecule has 0 saturated carbocycles. The fourth-order valence-electron chi connectivity index (χ4n) is 8.08. The van der Waals surface area contributed by atoms with Crippen LogP contribution >= 0.6 is 11.3 Å². The van der Waals surface area contributed by atoms with E-state index in [-0.39, 0.29) is 0 Å². The molecule has 10 aromatic rings. The van der Waals surface area contributed by atoms with Gasteiger partial charge in [-0.3, -0.25) is 0 Å². The van der Waals surface area contributed by atoms with Gasteiger partial charge in [-0.05, 0) is 52.7 Å². The number of benzene rings is 7. The van der Waals surface area contributed by atoms with Gasteiger partial charge in [0.1, 0.15) is 0 Å². The first-order valence-corrected chi connectivity index (χ1v) is 17.5. The van der Waals surface area contributed by atoms with E-state index in [1.807, 2.05) is 11.3 Å². The molecule has 228 valence electrons. The molecule has 3 aromatic heterocycles. The van der Waals surface area contributed by atoms with Crippen LogP contribution in [0.1, 0.15) is 11.1 Å². The smallest absolute Gasteiger partial charge is 0.161 e. The standard InChI is InChI=1S/C45H27N3S/c1-2-12-27(13-3-1)43-37-24-28-14-4-5-15-30(28)44(37)47-45(46-43)35-26-41-42(34-19-7-6-16-31(34)35)36-25-29(22-23-40(36)49-41)48-38-20-10-8-17-32(38)33-18-9-11-21-39(33)48/h1-23,25-26H,24H2. The highest BCUT2D eigenvalue weighted by Crippen LogP contribution is 2.46. The highest BCUT2D eigenvalue weighted by molar-refractivity contribution is 7.26. The van der Waals surface area contributed by atoms with E-state index < -0.39 is 0 Å². The molecule has 0 saturated heterocycles. The summed E-state index contributed by atoms with van der Waals surface area (Å²) in [4.78, 5) is 10.7. The number of rotatable bonds is 3. The van der Waals surface area contributed by atoms with E-state index >= 15 is 0 Å². The molecule has 3 heterocycles. The fourth-order valence-corrected chi connectivity index (χ4v) is 9.22. The maximum atomic E-state index is 5.37. The Hall–Kier alpha value is -6.10. The number of fused-ring (bicyclic) bond motifs is 11. The summed E-state index contributed by atoms with van der Waals surface area (Å²) < 4.78 is 4.93. The predicted octanol–water partition coefficient (Wildman–Crippen LogP) is 12.0. The second-order valence-electron chi connectivity index (χ2n) is 12.9. The van der Waals surface area contributed by atoms with Crippen molar-refractivity contribution >= 4 is 64.1 Å². The van der Waals surface area contributed by atoms with Gasteiger partial charge >= 0.3 is 0 Å². The second-order valence-corrected chi connectivity index (χ2v) is 14.0. The molecule has 7 aromatic carbocycles. The molecule has 0 unspecified atom stereocenters. The van der Waals surface area contributed by atoms with Crippen molar-refractivity contribution in [3.05, 3.63) is 163 Å². The lowest BCUT2D eigenvalue weighted by Crippen LogP contribution is -1.99. The van der Waals surface area contributed by atoms with Crippen LogP contribution in [0.4, 0.5) is 0 Å². The Balaban J connectivity index is 1.17. The Bertz CT molecular complexity index is 2920. The van der Waals surface area contributed by atoms with Crippen molar-refractivity contribution in [1.82, 2.24) is 14.5 Å². The van der Waals surface area contributed by atoms with Crippen molar-refractivity contribution in [1.29, 1.82) is 0 Å².